The number of halogens is 3. The molecule has 0 unspecified atom stereocenters. The van der Waals surface area contributed by atoms with Gasteiger partial charge in [0, 0.05) is 6.20 Å². The van der Waals surface area contributed by atoms with E-state index in [2.05, 4.69) is 20.9 Å². The Hall–Kier alpha value is -1.55. The van der Waals surface area contributed by atoms with Crippen LogP contribution in [0.3, 0.4) is 0 Å². The molecule has 1 N–H and O–H groups in total. The predicted molar refractivity (Wildman–Crippen MR) is 52.9 cm³/mol. The van der Waals surface area contributed by atoms with Crippen LogP contribution in [0.5, 0.6) is 0 Å². The van der Waals surface area contributed by atoms with Crippen LogP contribution in [0, 0.1) is 11.3 Å². The summed E-state index contributed by atoms with van der Waals surface area (Å²) < 4.78 is 24.9. The highest BCUT2D eigenvalue weighted by atomic mass is 79.9. The van der Waals surface area contributed by atoms with Crippen molar-refractivity contribution in [1.82, 2.24) is 4.98 Å². The molecule has 1 aromatic rings. The van der Waals surface area contributed by atoms with E-state index in [1.165, 1.54) is 0 Å². The first kappa shape index (κ1) is 12.5. The van der Waals surface area contributed by atoms with Crippen molar-refractivity contribution in [3.8, 4) is 6.07 Å². The second-order valence-electron chi connectivity index (χ2n) is 2.83. The summed E-state index contributed by atoms with van der Waals surface area (Å²) in [4.78, 5) is 14.0. The second kappa shape index (κ2) is 4.99. The number of carboxylic acids is 1. The summed E-state index contributed by atoms with van der Waals surface area (Å²) in [5.41, 5.74) is -0.738. The Morgan fingerprint density at radius 1 is 1.69 bits per heavy atom. The SMILES string of the molecule is N#Cc1c(C(F)F)cnc(CC(=O)O)c1Br. The fourth-order valence-electron chi connectivity index (χ4n) is 1.09. The summed E-state index contributed by atoms with van der Waals surface area (Å²) in [6.45, 7) is 0. The topological polar surface area (TPSA) is 74.0 Å². The maximum atomic E-state index is 12.5. The van der Waals surface area contributed by atoms with Gasteiger partial charge in [0.1, 0.15) is 6.07 Å². The Balaban J connectivity index is 3.30. The zero-order valence-corrected chi connectivity index (χ0v) is 9.33. The minimum atomic E-state index is -2.82. The summed E-state index contributed by atoms with van der Waals surface area (Å²) >= 11 is 2.91. The summed E-state index contributed by atoms with van der Waals surface area (Å²) in [6, 6.07) is 1.60. The van der Waals surface area contributed by atoms with Crippen LogP contribution in [0.1, 0.15) is 23.2 Å². The van der Waals surface area contributed by atoms with Crippen molar-refractivity contribution in [3.63, 3.8) is 0 Å². The van der Waals surface area contributed by atoms with Gasteiger partial charge in [-0.15, -0.1) is 0 Å². The number of aromatic nitrogens is 1. The Morgan fingerprint density at radius 3 is 2.75 bits per heavy atom. The van der Waals surface area contributed by atoms with Crippen LogP contribution in [0.4, 0.5) is 8.78 Å². The van der Waals surface area contributed by atoms with E-state index in [0.717, 1.165) is 6.20 Å². The molecule has 1 aromatic heterocycles. The van der Waals surface area contributed by atoms with Crippen LogP contribution in [0.25, 0.3) is 0 Å². The average molecular weight is 291 g/mol. The van der Waals surface area contributed by atoms with Crippen LogP contribution in [0.2, 0.25) is 0 Å². The molecule has 0 aromatic carbocycles. The Labute approximate surface area is 97.7 Å². The van der Waals surface area contributed by atoms with Crippen molar-refractivity contribution >= 4 is 21.9 Å². The number of carbonyl (C=O) groups is 1. The number of pyridine rings is 1. The molecule has 0 aliphatic rings. The lowest BCUT2D eigenvalue weighted by Crippen LogP contribution is -2.06. The molecule has 0 bridgehead atoms. The third-order valence-corrected chi connectivity index (χ3v) is 2.64. The molecule has 0 fully saturated rings. The first-order valence-electron chi connectivity index (χ1n) is 4.04. The van der Waals surface area contributed by atoms with Gasteiger partial charge in [-0.3, -0.25) is 9.78 Å². The van der Waals surface area contributed by atoms with E-state index >= 15 is 0 Å². The zero-order chi connectivity index (χ0) is 12.3. The molecular weight excluding hydrogens is 286 g/mol. The fourth-order valence-corrected chi connectivity index (χ4v) is 1.65. The number of nitriles is 1. The van der Waals surface area contributed by atoms with Gasteiger partial charge in [0.25, 0.3) is 6.43 Å². The molecule has 4 nitrogen and oxygen atoms in total. The lowest BCUT2D eigenvalue weighted by molar-refractivity contribution is -0.136. The van der Waals surface area contributed by atoms with Gasteiger partial charge in [-0.05, 0) is 15.9 Å². The van der Waals surface area contributed by atoms with Crippen molar-refractivity contribution in [2.24, 2.45) is 0 Å². The third kappa shape index (κ3) is 2.52. The van der Waals surface area contributed by atoms with Gasteiger partial charge in [-0.25, -0.2) is 8.78 Å². The van der Waals surface area contributed by atoms with Crippen LogP contribution >= 0.6 is 15.9 Å². The van der Waals surface area contributed by atoms with Gasteiger partial charge < -0.3 is 5.11 Å². The molecule has 0 aliphatic carbocycles. The maximum Gasteiger partial charge on any atom is 0.309 e. The molecule has 1 heterocycles. The lowest BCUT2D eigenvalue weighted by Gasteiger charge is -2.07. The van der Waals surface area contributed by atoms with E-state index in [1.807, 2.05) is 0 Å². The molecular formula is C9H5BrF2N2O2. The molecule has 0 amide bonds. The number of alkyl halides is 2. The quantitative estimate of drug-likeness (QED) is 0.927. The minimum Gasteiger partial charge on any atom is -0.481 e. The molecule has 7 heteroatoms. The number of rotatable bonds is 3. The van der Waals surface area contributed by atoms with E-state index in [4.69, 9.17) is 10.4 Å². The number of hydrogen-bond donors (Lipinski definition) is 1. The normalized spacial score (nSPS) is 10.2. The molecule has 0 saturated carbocycles. The molecule has 0 radical (unpaired) electrons. The summed E-state index contributed by atoms with van der Waals surface area (Å²) in [5, 5.41) is 17.3. The van der Waals surface area contributed by atoms with Crippen molar-refractivity contribution in [1.29, 1.82) is 5.26 Å². The first-order valence-corrected chi connectivity index (χ1v) is 4.84. The van der Waals surface area contributed by atoms with Gasteiger partial charge in [-0.1, -0.05) is 0 Å². The summed E-state index contributed by atoms with van der Waals surface area (Å²) in [7, 11) is 0. The predicted octanol–water partition coefficient (Wildman–Crippen LogP) is 2.28. The van der Waals surface area contributed by atoms with Crippen LogP contribution in [-0.4, -0.2) is 16.1 Å². The van der Waals surface area contributed by atoms with E-state index < -0.39 is 24.4 Å². The number of hydrogen-bond acceptors (Lipinski definition) is 3. The zero-order valence-electron chi connectivity index (χ0n) is 7.75. The smallest absolute Gasteiger partial charge is 0.309 e. The highest BCUT2D eigenvalue weighted by molar-refractivity contribution is 9.10. The van der Waals surface area contributed by atoms with E-state index in [1.54, 1.807) is 6.07 Å². The molecule has 0 aliphatic heterocycles. The van der Waals surface area contributed by atoms with Gasteiger partial charge in [-0.2, -0.15) is 5.26 Å². The van der Waals surface area contributed by atoms with E-state index in [9.17, 15) is 13.6 Å². The number of nitrogens with zero attached hydrogens (tertiary/aromatic N) is 2. The Kier molecular flexibility index (Phi) is 3.90. The Morgan fingerprint density at radius 2 is 2.31 bits per heavy atom. The number of carboxylic acid groups (broad SMARTS) is 1. The largest absolute Gasteiger partial charge is 0.481 e. The monoisotopic (exact) mass is 290 g/mol. The van der Waals surface area contributed by atoms with Crippen LogP contribution in [0.15, 0.2) is 10.7 Å². The molecule has 0 atom stereocenters. The maximum absolute atomic E-state index is 12.5. The minimum absolute atomic E-state index is 0.00944. The number of aliphatic carboxylic acids is 1. The summed E-state index contributed by atoms with van der Waals surface area (Å²) in [6.07, 6.45) is -2.43. The third-order valence-electron chi connectivity index (χ3n) is 1.79. The molecule has 0 spiro atoms. The van der Waals surface area contributed by atoms with Gasteiger partial charge >= 0.3 is 5.97 Å². The van der Waals surface area contributed by atoms with Crippen molar-refractivity contribution in [3.05, 3.63) is 27.5 Å². The molecule has 84 valence electrons. The van der Waals surface area contributed by atoms with Crippen molar-refractivity contribution < 1.29 is 18.7 Å². The fraction of sp³-hybridized carbons (Fsp3) is 0.222. The average Bonchev–Trinajstić information content (AvgIpc) is 2.19. The molecule has 16 heavy (non-hydrogen) atoms. The summed E-state index contributed by atoms with van der Waals surface area (Å²) in [5.74, 6) is -1.15. The first-order chi connectivity index (χ1) is 7.47. The van der Waals surface area contributed by atoms with Gasteiger partial charge in [0.2, 0.25) is 0 Å². The van der Waals surface area contributed by atoms with Crippen LogP contribution in [-0.2, 0) is 11.2 Å². The second-order valence-corrected chi connectivity index (χ2v) is 3.63. The van der Waals surface area contributed by atoms with E-state index in [0.29, 0.717) is 0 Å². The molecule has 1 rings (SSSR count). The van der Waals surface area contributed by atoms with Crippen molar-refractivity contribution in [2.75, 3.05) is 0 Å². The van der Waals surface area contributed by atoms with E-state index in [-0.39, 0.29) is 15.7 Å². The lowest BCUT2D eigenvalue weighted by atomic mass is 10.1. The standard InChI is InChI=1S/C9H5BrF2N2O2/c10-8-4(2-13)5(9(11)12)3-14-6(8)1-7(15)16/h3,9H,1H2,(H,15,16). The Bertz CT molecular complexity index is 471. The highest BCUT2D eigenvalue weighted by Gasteiger charge is 2.19. The van der Waals surface area contributed by atoms with Gasteiger partial charge in [0.05, 0.1) is 27.7 Å². The van der Waals surface area contributed by atoms with Crippen LogP contribution < -0.4 is 0 Å². The van der Waals surface area contributed by atoms with Gasteiger partial charge in [0.15, 0.2) is 0 Å². The van der Waals surface area contributed by atoms with Crippen molar-refractivity contribution in [2.45, 2.75) is 12.8 Å². The highest BCUT2D eigenvalue weighted by Crippen LogP contribution is 2.29. The molecule has 0 saturated heterocycles.